The fourth-order valence-corrected chi connectivity index (χ4v) is 3.57. The lowest BCUT2D eigenvalue weighted by atomic mass is 9.83. The third-order valence-corrected chi connectivity index (χ3v) is 4.70. The molecule has 20 heavy (non-hydrogen) atoms. The highest BCUT2D eigenvalue weighted by Gasteiger charge is 2.20. The maximum atomic E-state index is 13.9. The second kappa shape index (κ2) is 7.99. The Labute approximate surface area is 126 Å². The summed E-state index contributed by atoms with van der Waals surface area (Å²) in [4.78, 5) is 0. The average Bonchev–Trinajstić information content (AvgIpc) is 2.44. The quantitative estimate of drug-likeness (QED) is 0.781. The van der Waals surface area contributed by atoms with Crippen molar-refractivity contribution in [2.75, 3.05) is 6.54 Å². The highest BCUT2D eigenvalue weighted by Crippen LogP contribution is 2.29. The molecule has 1 unspecified atom stereocenters. The Morgan fingerprint density at radius 3 is 2.70 bits per heavy atom. The third-order valence-electron chi connectivity index (χ3n) is 4.35. The number of hydrogen-bond donors (Lipinski definition) is 1. The Bertz CT molecular complexity index is 395. The maximum Gasteiger partial charge on any atom is 0.127 e. The van der Waals surface area contributed by atoms with Crippen LogP contribution in [0.15, 0.2) is 18.2 Å². The van der Waals surface area contributed by atoms with Gasteiger partial charge in [-0.15, -0.1) is 0 Å². The highest BCUT2D eigenvalue weighted by atomic mass is 35.5. The first-order valence-corrected chi connectivity index (χ1v) is 8.24. The zero-order chi connectivity index (χ0) is 14.4. The van der Waals surface area contributed by atoms with Crippen molar-refractivity contribution in [2.24, 2.45) is 5.92 Å². The summed E-state index contributed by atoms with van der Waals surface area (Å²) >= 11 is 6.15. The van der Waals surface area contributed by atoms with Gasteiger partial charge in [-0.1, -0.05) is 56.7 Å². The molecule has 0 heterocycles. The zero-order valence-electron chi connectivity index (χ0n) is 12.3. The maximum absolute atomic E-state index is 13.9. The Morgan fingerprint density at radius 1 is 1.30 bits per heavy atom. The van der Waals surface area contributed by atoms with Crippen LogP contribution in [0.1, 0.15) is 51.0 Å². The number of benzene rings is 1. The topological polar surface area (TPSA) is 12.0 Å². The molecule has 0 saturated heterocycles. The molecular formula is C17H25ClFN. The van der Waals surface area contributed by atoms with E-state index in [1.165, 1.54) is 38.2 Å². The fourth-order valence-electron chi connectivity index (χ4n) is 3.33. The van der Waals surface area contributed by atoms with Crippen molar-refractivity contribution in [2.45, 2.75) is 57.9 Å². The average molecular weight is 298 g/mol. The Balaban J connectivity index is 2.00. The van der Waals surface area contributed by atoms with Gasteiger partial charge in [0.1, 0.15) is 5.82 Å². The number of likely N-dealkylation sites (N-methyl/N-ethyl adjacent to an activating group) is 1. The molecule has 1 aromatic rings. The predicted molar refractivity (Wildman–Crippen MR) is 83.8 cm³/mol. The molecule has 1 aromatic carbocycles. The molecule has 1 saturated carbocycles. The lowest BCUT2D eigenvalue weighted by Gasteiger charge is -2.27. The molecule has 3 heteroatoms. The van der Waals surface area contributed by atoms with Crippen molar-refractivity contribution in [3.05, 3.63) is 34.6 Å². The van der Waals surface area contributed by atoms with Gasteiger partial charge in [0.25, 0.3) is 0 Å². The number of rotatable bonds is 6. The standard InChI is InChI=1S/C17H25ClFN/c1-2-20-14(11-13-7-4-3-5-8-13)12-15-16(18)9-6-10-17(15)19/h6,9-10,13-14,20H,2-5,7-8,11-12H2,1H3. The van der Waals surface area contributed by atoms with Gasteiger partial charge >= 0.3 is 0 Å². The van der Waals surface area contributed by atoms with E-state index in [0.29, 0.717) is 23.0 Å². The SMILES string of the molecule is CCNC(Cc1c(F)cccc1Cl)CC1CCCCC1. The van der Waals surface area contributed by atoms with E-state index >= 15 is 0 Å². The molecule has 0 bridgehead atoms. The van der Waals surface area contributed by atoms with Crippen LogP contribution in [0.5, 0.6) is 0 Å². The molecule has 1 aliphatic carbocycles. The summed E-state index contributed by atoms with van der Waals surface area (Å²) in [6, 6.07) is 5.29. The van der Waals surface area contributed by atoms with Gasteiger partial charge in [-0.3, -0.25) is 0 Å². The molecule has 1 atom stereocenters. The third kappa shape index (κ3) is 4.46. The molecule has 1 nitrogen and oxygen atoms in total. The summed E-state index contributed by atoms with van der Waals surface area (Å²) in [5.41, 5.74) is 0.663. The molecule has 1 fully saturated rings. The van der Waals surface area contributed by atoms with E-state index in [2.05, 4.69) is 12.2 Å². The summed E-state index contributed by atoms with van der Waals surface area (Å²) in [6.07, 6.45) is 8.56. The second-order valence-corrected chi connectivity index (χ2v) is 6.31. The molecule has 0 amide bonds. The van der Waals surface area contributed by atoms with Crippen LogP contribution in [0.25, 0.3) is 0 Å². The molecule has 1 N–H and O–H groups in total. The van der Waals surface area contributed by atoms with E-state index in [9.17, 15) is 4.39 Å². The largest absolute Gasteiger partial charge is 0.314 e. The number of nitrogens with one attached hydrogen (secondary N) is 1. The summed E-state index contributed by atoms with van der Waals surface area (Å²) in [6.45, 7) is 3.03. The zero-order valence-corrected chi connectivity index (χ0v) is 13.1. The van der Waals surface area contributed by atoms with Crippen LogP contribution in [0.2, 0.25) is 5.02 Å². The van der Waals surface area contributed by atoms with Crippen LogP contribution in [-0.2, 0) is 6.42 Å². The van der Waals surface area contributed by atoms with E-state index in [1.54, 1.807) is 12.1 Å². The fraction of sp³-hybridized carbons (Fsp3) is 0.647. The summed E-state index contributed by atoms with van der Waals surface area (Å²) in [7, 11) is 0. The van der Waals surface area contributed by atoms with Crippen LogP contribution in [0, 0.1) is 11.7 Å². The summed E-state index contributed by atoms with van der Waals surface area (Å²) in [5.74, 6) is 0.613. The van der Waals surface area contributed by atoms with Gasteiger partial charge in [0.2, 0.25) is 0 Å². The summed E-state index contributed by atoms with van der Waals surface area (Å²) in [5, 5.41) is 4.06. The summed E-state index contributed by atoms with van der Waals surface area (Å²) < 4.78 is 13.9. The van der Waals surface area contributed by atoms with Crippen molar-refractivity contribution in [3.8, 4) is 0 Å². The Hall–Kier alpha value is -0.600. The molecular weight excluding hydrogens is 273 g/mol. The van der Waals surface area contributed by atoms with Crippen molar-refractivity contribution in [1.29, 1.82) is 0 Å². The van der Waals surface area contributed by atoms with E-state index in [0.717, 1.165) is 18.9 Å². The second-order valence-electron chi connectivity index (χ2n) is 5.90. The van der Waals surface area contributed by atoms with Crippen LogP contribution in [0.4, 0.5) is 4.39 Å². The van der Waals surface area contributed by atoms with Gasteiger partial charge in [-0.25, -0.2) is 4.39 Å². The van der Waals surface area contributed by atoms with Gasteiger partial charge in [0.05, 0.1) is 0 Å². The van der Waals surface area contributed by atoms with Gasteiger partial charge in [-0.2, -0.15) is 0 Å². The smallest absolute Gasteiger partial charge is 0.127 e. The van der Waals surface area contributed by atoms with Crippen molar-refractivity contribution in [3.63, 3.8) is 0 Å². The first-order valence-electron chi connectivity index (χ1n) is 7.87. The minimum absolute atomic E-state index is 0.177. The number of hydrogen-bond acceptors (Lipinski definition) is 1. The van der Waals surface area contributed by atoms with Crippen LogP contribution < -0.4 is 5.32 Å². The minimum atomic E-state index is -0.177. The number of halogens is 2. The van der Waals surface area contributed by atoms with Gasteiger partial charge in [0.15, 0.2) is 0 Å². The molecule has 2 rings (SSSR count). The van der Waals surface area contributed by atoms with Gasteiger partial charge in [-0.05, 0) is 37.4 Å². The molecule has 0 spiro atoms. The molecule has 0 radical (unpaired) electrons. The lowest BCUT2D eigenvalue weighted by molar-refractivity contribution is 0.297. The highest BCUT2D eigenvalue weighted by molar-refractivity contribution is 6.31. The lowest BCUT2D eigenvalue weighted by Crippen LogP contribution is -2.34. The van der Waals surface area contributed by atoms with Crippen molar-refractivity contribution < 1.29 is 4.39 Å². The van der Waals surface area contributed by atoms with Gasteiger partial charge in [0, 0.05) is 16.6 Å². The van der Waals surface area contributed by atoms with Gasteiger partial charge < -0.3 is 5.32 Å². The Morgan fingerprint density at radius 2 is 2.05 bits per heavy atom. The first kappa shape index (κ1) is 15.8. The van der Waals surface area contributed by atoms with Crippen LogP contribution >= 0.6 is 11.6 Å². The Kier molecular flexibility index (Phi) is 6.31. The van der Waals surface area contributed by atoms with E-state index in [4.69, 9.17) is 11.6 Å². The first-order chi connectivity index (χ1) is 9.70. The van der Waals surface area contributed by atoms with Crippen molar-refractivity contribution in [1.82, 2.24) is 5.32 Å². The van der Waals surface area contributed by atoms with E-state index in [1.807, 2.05) is 0 Å². The van der Waals surface area contributed by atoms with Crippen LogP contribution in [0.3, 0.4) is 0 Å². The van der Waals surface area contributed by atoms with Crippen LogP contribution in [-0.4, -0.2) is 12.6 Å². The monoisotopic (exact) mass is 297 g/mol. The minimum Gasteiger partial charge on any atom is -0.314 e. The van der Waals surface area contributed by atoms with Crippen molar-refractivity contribution >= 4 is 11.6 Å². The molecule has 0 aromatic heterocycles. The van der Waals surface area contributed by atoms with E-state index in [-0.39, 0.29) is 5.82 Å². The molecule has 112 valence electrons. The molecule has 0 aliphatic heterocycles. The molecule has 1 aliphatic rings. The normalized spacial score (nSPS) is 18.1. The van der Waals surface area contributed by atoms with E-state index < -0.39 is 0 Å². The predicted octanol–water partition coefficient (Wildman–Crippen LogP) is 4.97.